The molecule has 1 atom stereocenters. The summed E-state index contributed by atoms with van der Waals surface area (Å²) in [7, 11) is 1.63. The van der Waals surface area contributed by atoms with Crippen molar-refractivity contribution in [3.63, 3.8) is 0 Å². The highest BCUT2D eigenvalue weighted by molar-refractivity contribution is 9.10. The first-order valence-corrected chi connectivity index (χ1v) is 5.92. The van der Waals surface area contributed by atoms with Gasteiger partial charge in [0.1, 0.15) is 5.75 Å². The second-order valence-electron chi connectivity index (χ2n) is 4.24. The highest BCUT2D eigenvalue weighted by Crippen LogP contribution is 2.49. The second kappa shape index (κ2) is 3.80. The zero-order valence-electron chi connectivity index (χ0n) is 8.96. The molecule has 0 radical (unpaired) electrons. The van der Waals surface area contributed by atoms with Gasteiger partial charge in [0.15, 0.2) is 0 Å². The number of halogens is 1. The molecule has 2 rings (SSSR count). The normalized spacial score (nSPS) is 19.7. The van der Waals surface area contributed by atoms with E-state index in [0.717, 1.165) is 28.6 Å². The molecular weight excluding hydrogens is 256 g/mol. The van der Waals surface area contributed by atoms with Crippen LogP contribution >= 0.6 is 15.9 Å². The molecular formula is C12H15BrO2. The first kappa shape index (κ1) is 11.0. The van der Waals surface area contributed by atoms with E-state index in [9.17, 15) is 5.11 Å². The van der Waals surface area contributed by atoms with E-state index in [0.29, 0.717) is 5.92 Å². The molecule has 0 bridgehead atoms. The molecule has 0 saturated heterocycles. The Hall–Kier alpha value is -0.540. The summed E-state index contributed by atoms with van der Waals surface area (Å²) in [4.78, 5) is 0. The third-order valence-electron chi connectivity index (χ3n) is 3.09. The minimum absolute atomic E-state index is 0.376. The standard InChI is InChI=1S/C12H15BrO2/c1-12(14,8-6-7-8)9-4-3-5-10(13)11(9)15-2/h3-5,8,14H,6-7H2,1-2H3. The summed E-state index contributed by atoms with van der Waals surface area (Å²) < 4.78 is 6.23. The van der Waals surface area contributed by atoms with Crippen LogP contribution < -0.4 is 4.74 Å². The minimum Gasteiger partial charge on any atom is -0.495 e. The fraction of sp³-hybridized carbons (Fsp3) is 0.500. The molecule has 1 aromatic carbocycles. The number of hydrogen-bond acceptors (Lipinski definition) is 2. The lowest BCUT2D eigenvalue weighted by Gasteiger charge is -2.26. The summed E-state index contributed by atoms with van der Waals surface area (Å²) in [5.41, 5.74) is 0.108. The van der Waals surface area contributed by atoms with Crippen LogP contribution in [-0.4, -0.2) is 12.2 Å². The molecule has 2 nitrogen and oxygen atoms in total. The van der Waals surface area contributed by atoms with Crippen molar-refractivity contribution in [3.8, 4) is 5.75 Å². The first-order valence-electron chi connectivity index (χ1n) is 5.12. The number of ether oxygens (including phenoxy) is 1. The molecule has 1 N–H and O–H groups in total. The zero-order chi connectivity index (χ0) is 11.1. The van der Waals surface area contributed by atoms with Crippen LogP contribution in [0.25, 0.3) is 0 Å². The molecule has 3 heteroatoms. The van der Waals surface area contributed by atoms with Gasteiger partial charge in [-0.2, -0.15) is 0 Å². The summed E-state index contributed by atoms with van der Waals surface area (Å²) in [6.45, 7) is 1.87. The van der Waals surface area contributed by atoms with Crippen LogP contribution in [0.15, 0.2) is 22.7 Å². The Morgan fingerprint density at radius 1 is 1.47 bits per heavy atom. The summed E-state index contributed by atoms with van der Waals surface area (Å²) in [5.74, 6) is 1.12. The number of methoxy groups -OCH3 is 1. The molecule has 0 amide bonds. The van der Waals surface area contributed by atoms with E-state index < -0.39 is 5.60 Å². The van der Waals surface area contributed by atoms with E-state index in [2.05, 4.69) is 15.9 Å². The average molecular weight is 271 g/mol. The van der Waals surface area contributed by atoms with E-state index in [4.69, 9.17) is 4.74 Å². The van der Waals surface area contributed by atoms with Crippen molar-refractivity contribution in [2.45, 2.75) is 25.4 Å². The van der Waals surface area contributed by atoms with Crippen molar-refractivity contribution in [2.24, 2.45) is 5.92 Å². The Bertz CT molecular complexity index is 370. The Kier molecular flexibility index (Phi) is 2.77. The topological polar surface area (TPSA) is 29.5 Å². The molecule has 0 heterocycles. The third kappa shape index (κ3) is 1.91. The molecule has 0 aromatic heterocycles. The van der Waals surface area contributed by atoms with Gasteiger partial charge in [-0.25, -0.2) is 0 Å². The summed E-state index contributed by atoms with van der Waals surface area (Å²) >= 11 is 3.43. The molecule has 82 valence electrons. The highest BCUT2D eigenvalue weighted by Gasteiger charge is 2.43. The second-order valence-corrected chi connectivity index (χ2v) is 5.10. The van der Waals surface area contributed by atoms with Gasteiger partial charge in [0.05, 0.1) is 17.2 Å². The van der Waals surface area contributed by atoms with Crippen LogP contribution in [-0.2, 0) is 5.60 Å². The number of para-hydroxylation sites is 1. The Labute approximate surface area is 98.4 Å². The van der Waals surface area contributed by atoms with Gasteiger partial charge < -0.3 is 9.84 Å². The Morgan fingerprint density at radius 2 is 2.13 bits per heavy atom. The smallest absolute Gasteiger partial charge is 0.139 e. The van der Waals surface area contributed by atoms with Gasteiger partial charge in [-0.05, 0) is 47.7 Å². The molecule has 1 aliphatic rings. The number of rotatable bonds is 3. The lowest BCUT2D eigenvalue weighted by atomic mass is 9.90. The van der Waals surface area contributed by atoms with E-state index in [-0.39, 0.29) is 0 Å². The van der Waals surface area contributed by atoms with Gasteiger partial charge in [0.25, 0.3) is 0 Å². The molecule has 15 heavy (non-hydrogen) atoms. The summed E-state index contributed by atoms with van der Waals surface area (Å²) in [6, 6.07) is 5.78. The molecule has 1 unspecified atom stereocenters. The van der Waals surface area contributed by atoms with Gasteiger partial charge >= 0.3 is 0 Å². The molecule has 1 aromatic rings. The maximum absolute atomic E-state index is 10.5. The predicted molar refractivity (Wildman–Crippen MR) is 63.0 cm³/mol. The molecule has 1 aliphatic carbocycles. The quantitative estimate of drug-likeness (QED) is 0.915. The maximum atomic E-state index is 10.5. The average Bonchev–Trinajstić information content (AvgIpc) is 3.00. The van der Waals surface area contributed by atoms with Crippen LogP contribution in [0.1, 0.15) is 25.3 Å². The highest BCUT2D eigenvalue weighted by atomic mass is 79.9. The lowest BCUT2D eigenvalue weighted by molar-refractivity contribution is 0.0306. The molecule has 1 fully saturated rings. The van der Waals surface area contributed by atoms with Crippen LogP contribution in [0.5, 0.6) is 5.75 Å². The van der Waals surface area contributed by atoms with Crippen molar-refractivity contribution < 1.29 is 9.84 Å². The van der Waals surface area contributed by atoms with Crippen molar-refractivity contribution in [1.29, 1.82) is 0 Å². The fourth-order valence-corrected chi connectivity index (χ4v) is 2.51. The van der Waals surface area contributed by atoms with E-state index in [1.807, 2.05) is 25.1 Å². The monoisotopic (exact) mass is 270 g/mol. The minimum atomic E-state index is -0.769. The summed E-state index contributed by atoms with van der Waals surface area (Å²) in [5, 5.41) is 10.5. The van der Waals surface area contributed by atoms with Crippen LogP contribution in [0.2, 0.25) is 0 Å². The van der Waals surface area contributed by atoms with Crippen LogP contribution in [0.3, 0.4) is 0 Å². The summed E-state index contributed by atoms with van der Waals surface area (Å²) in [6.07, 6.45) is 2.20. The number of benzene rings is 1. The van der Waals surface area contributed by atoms with Crippen LogP contribution in [0, 0.1) is 5.92 Å². The first-order chi connectivity index (χ1) is 7.07. The van der Waals surface area contributed by atoms with Crippen molar-refractivity contribution in [3.05, 3.63) is 28.2 Å². The Balaban J connectivity index is 2.46. The fourth-order valence-electron chi connectivity index (χ4n) is 1.98. The molecule has 1 saturated carbocycles. The van der Waals surface area contributed by atoms with Crippen molar-refractivity contribution in [1.82, 2.24) is 0 Å². The number of hydrogen-bond donors (Lipinski definition) is 1. The lowest BCUT2D eigenvalue weighted by Crippen LogP contribution is -2.24. The third-order valence-corrected chi connectivity index (χ3v) is 3.71. The SMILES string of the molecule is COc1c(Br)cccc1C(C)(O)C1CC1. The van der Waals surface area contributed by atoms with Crippen molar-refractivity contribution >= 4 is 15.9 Å². The Morgan fingerprint density at radius 3 is 2.67 bits per heavy atom. The maximum Gasteiger partial charge on any atom is 0.139 e. The largest absolute Gasteiger partial charge is 0.495 e. The van der Waals surface area contributed by atoms with Crippen LogP contribution in [0.4, 0.5) is 0 Å². The zero-order valence-corrected chi connectivity index (χ0v) is 10.5. The van der Waals surface area contributed by atoms with Gasteiger partial charge in [0.2, 0.25) is 0 Å². The van der Waals surface area contributed by atoms with E-state index >= 15 is 0 Å². The van der Waals surface area contributed by atoms with E-state index in [1.54, 1.807) is 7.11 Å². The van der Waals surface area contributed by atoms with Crippen molar-refractivity contribution in [2.75, 3.05) is 7.11 Å². The molecule has 0 spiro atoms. The predicted octanol–water partition coefficient (Wildman–Crippen LogP) is 3.08. The van der Waals surface area contributed by atoms with Gasteiger partial charge in [-0.3, -0.25) is 0 Å². The van der Waals surface area contributed by atoms with Gasteiger partial charge in [-0.15, -0.1) is 0 Å². The van der Waals surface area contributed by atoms with Gasteiger partial charge in [-0.1, -0.05) is 12.1 Å². The molecule has 0 aliphatic heterocycles. The van der Waals surface area contributed by atoms with Gasteiger partial charge in [0, 0.05) is 5.56 Å². The number of aliphatic hydroxyl groups is 1. The van der Waals surface area contributed by atoms with E-state index in [1.165, 1.54) is 0 Å².